The van der Waals surface area contributed by atoms with Crippen LogP contribution in [0.5, 0.6) is 11.6 Å². The highest BCUT2D eigenvalue weighted by atomic mass is 35.5. The molecule has 0 fully saturated rings. The van der Waals surface area contributed by atoms with Crippen molar-refractivity contribution in [2.24, 2.45) is 0 Å². The number of nitrogens with two attached hydrogens (primary N) is 1. The van der Waals surface area contributed by atoms with Crippen molar-refractivity contribution in [3.8, 4) is 11.6 Å². The van der Waals surface area contributed by atoms with Gasteiger partial charge in [-0.25, -0.2) is 4.39 Å². The maximum Gasteiger partial charge on any atom is 0.240 e. The van der Waals surface area contributed by atoms with Crippen LogP contribution < -0.4 is 10.5 Å². The number of hydrogen-bond donors (Lipinski definition) is 1. The summed E-state index contributed by atoms with van der Waals surface area (Å²) in [5.41, 5.74) is 5.46. The second-order valence-electron chi connectivity index (χ2n) is 3.30. The van der Waals surface area contributed by atoms with Gasteiger partial charge in [0, 0.05) is 0 Å². The Morgan fingerprint density at radius 1 is 1.17 bits per heavy atom. The van der Waals surface area contributed by atoms with Gasteiger partial charge >= 0.3 is 0 Å². The summed E-state index contributed by atoms with van der Waals surface area (Å²) in [6, 6.07) is 4.80. The van der Waals surface area contributed by atoms with E-state index in [9.17, 15) is 8.78 Å². The molecule has 0 spiro atoms. The number of nitrogen functional groups attached to an aromatic ring is 1. The van der Waals surface area contributed by atoms with Gasteiger partial charge in [-0.15, -0.1) is 0 Å². The van der Waals surface area contributed by atoms with E-state index in [2.05, 4.69) is 4.98 Å². The smallest absolute Gasteiger partial charge is 0.240 e. The minimum absolute atomic E-state index is 0.0205. The fraction of sp³-hybridized carbons (Fsp3) is 0. The van der Waals surface area contributed by atoms with E-state index in [1.54, 1.807) is 0 Å². The summed E-state index contributed by atoms with van der Waals surface area (Å²) >= 11 is 11.5. The van der Waals surface area contributed by atoms with Gasteiger partial charge in [-0.3, -0.25) is 0 Å². The van der Waals surface area contributed by atoms with Gasteiger partial charge in [0.25, 0.3) is 0 Å². The third kappa shape index (κ3) is 2.47. The van der Waals surface area contributed by atoms with Crippen LogP contribution in [0.3, 0.4) is 0 Å². The van der Waals surface area contributed by atoms with E-state index in [4.69, 9.17) is 33.7 Å². The molecule has 0 saturated heterocycles. The van der Waals surface area contributed by atoms with Crippen LogP contribution >= 0.6 is 23.2 Å². The number of ether oxygens (including phenoxy) is 1. The maximum atomic E-state index is 13.4. The fourth-order valence-electron chi connectivity index (χ4n) is 1.20. The van der Waals surface area contributed by atoms with Crippen molar-refractivity contribution in [2.45, 2.75) is 0 Å². The van der Waals surface area contributed by atoms with Crippen LogP contribution in [-0.4, -0.2) is 4.98 Å². The topological polar surface area (TPSA) is 48.1 Å². The molecule has 1 aromatic carbocycles. The lowest BCUT2D eigenvalue weighted by Crippen LogP contribution is -1.97. The minimum atomic E-state index is -1.14. The number of halogens is 4. The first kappa shape index (κ1) is 12.9. The van der Waals surface area contributed by atoms with Gasteiger partial charge in [0.2, 0.25) is 11.7 Å². The molecule has 2 aromatic rings. The Labute approximate surface area is 111 Å². The Hall–Kier alpha value is -1.59. The molecule has 3 nitrogen and oxygen atoms in total. The van der Waals surface area contributed by atoms with Crippen LogP contribution in [0.25, 0.3) is 0 Å². The zero-order chi connectivity index (χ0) is 13.3. The average Bonchev–Trinajstić information content (AvgIpc) is 2.32. The summed E-state index contributed by atoms with van der Waals surface area (Å²) in [6.07, 6.45) is 0. The number of aromatic nitrogens is 1. The largest absolute Gasteiger partial charge is 0.434 e. The quantitative estimate of drug-likeness (QED) is 0.908. The Bertz CT molecular complexity index is 608. The number of nitrogens with zero attached hydrogens (tertiary/aromatic N) is 1. The summed E-state index contributed by atoms with van der Waals surface area (Å²) in [5, 5.41) is 0.185. The number of hydrogen-bond acceptors (Lipinski definition) is 3. The predicted octanol–water partition coefficient (Wildman–Crippen LogP) is 4.04. The first-order valence-electron chi connectivity index (χ1n) is 4.72. The summed E-state index contributed by atoms with van der Waals surface area (Å²) in [5.74, 6) is -2.68. The highest BCUT2D eigenvalue weighted by molar-refractivity contribution is 6.36. The third-order valence-corrected chi connectivity index (χ3v) is 2.62. The van der Waals surface area contributed by atoms with Crippen LogP contribution in [-0.2, 0) is 0 Å². The summed E-state index contributed by atoms with van der Waals surface area (Å²) in [6.45, 7) is 0. The molecule has 94 valence electrons. The summed E-state index contributed by atoms with van der Waals surface area (Å²) < 4.78 is 31.4. The van der Waals surface area contributed by atoms with E-state index >= 15 is 0 Å². The van der Waals surface area contributed by atoms with Crippen molar-refractivity contribution in [3.05, 3.63) is 45.9 Å². The number of benzene rings is 1. The molecular weight excluding hydrogens is 285 g/mol. The van der Waals surface area contributed by atoms with E-state index < -0.39 is 11.6 Å². The zero-order valence-corrected chi connectivity index (χ0v) is 10.3. The first-order valence-corrected chi connectivity index (χ1v) is 5.48. The van der Waals surface area contributed by atoms with Crippen molar-refractivity contribution < 1.29 is 13.5 Å². The van der Waals surface area contributed by atoms with Crippen molar-refractivity contribution in [1.29, 1.82) is 0 Å². The van der Waals surface area contributed by atoms with E-state index in [0.717, 1.165) is 6.07 Å². The molecule has 1 aromatic heterocycles. The fourth-order valence-corrected chi connectivity index (χ4v) is 1.60. The average molecular weight is 291 g/mol. The molecule has 2 rings (SSSR count). The van der Waals surface area contributed by atoms with Gasteiger partial charge < -0.3 is 10.5 Å². The van der Waals surface area contributed by atoms with Crippen molar-refractivity contribution in [1.82, 2.24) is 4.98 Å². The second kappa shape index (κ2) is 4.96. The van der Waals surface area contributed by atoms with Crippen molar-refractivity contribution >= 4 is 29.0 Å². The maximum absolute atomic E-state index is 13.4. The van der Waals surface area contributed by atoms with E-state index in [1.165, 1.54) is 18.2 Å². The Balaban J connectivity index is 2.40. The van der Waals surface area contributed by atoms with Gasteiger partial charge in [0.15, 0.2) is 11.6 Å². The van der Waals surface area contributed by atoms with Crippen LogP contribution in [0.1, 0.15) is 0 Å². The van der Waals surface area contributed by atoms with Crippen LogP contribution in [0.15, 0.2) is 24.3 Å². The number of rotatable bonds is 2. The molecule has 7 heteroatoms. The number of anilines is 1. The molecular formula is C11H6Cl2F2N2O. The lowest BCUT2D eigenvalue weighted by atomic mass is 10.3. The molecule has 0 amide bonds. The normalized spacial score (nSPS) is 10.4. The van der Waals surface area contributed by atoms with E-state index in [1.807, 2.05) is 0 Å². The second-order valence-corrected chi connectivity index (χ2v) is 4.11. The standard InChI is InChI=1S/C11H6Cl2F2N2O/c12-5-4-6(13)11(17-10(5)16)18-8-3-1-2-7(14)9(8)15/h1-4H,(H2,16,17). The van der Waals surface area contributed by atoms with Crippen LogP contribution in [0, 0.1) is 11.6 Å². The minimum Gasteiger partial charge on any atom is -0.434 e. The van der Waals surface area contributed by atoms with Gasteiger partial charge in [-0.1, -0.05) is 29.3 Å². The Morgan fingerprint density at radius 3 is 2.61 bits per heavy atom. The van der Waals surface area contributed by atoms with Gasteiger partial charge in [-0.2, -0.15) is 9.37 Å². The number of pyridine rings is 1. The molecule has 0 atom stereocenters. The lowest BCUT2D eigenvalue weighted by molar-refractivity contribution is 0.406. The highest BCUT2D eigenvalue weighted by Crippen LogP contribution is 2.33. The molecule has 0 aliphatic heterocycles. The van der Waals surface area contributed by atoms with Crippen molar-refractivity contribution in [3.63, 3.8) is 0 Å². The summed E-state index contributed by atoms with van der Waals surface area (Å²) in [7, 11) is 0. The zero-order valence-electron chi connectivity index (χ0n) is 8.75. The van der Waals surface area contributed by atoms with E-state index in [-0.39, 0.29) is 27.5 Å². The molecule has 0 saturated carbocycles. The molecule has 0 aliphatic rings. The van der Waals surface area contributed by atoms with Crippen molar-refractivity contribution in [2.75, 3.05) is 5.73 Å². The molecule has 0 aliphatic carbocycles. The Kier molecular flexibility index (Phi) is 3.54. The summed E-state index contributed by atoms with van der Waals surface area (Å²) in [4.78, 5) is 3.74. The van der Waals surface area contributed by atoms with Gasteiger partial charge in [0.1, 0.15) is 10.8 Å². The lowest BCUT2D eigenvalue weighted by Gasteiger charge is -2.09. The van der Waals surface area contributed by atoms with Gasteiger partial charge in [0.05, 0.1) is 5.02 Å². The van der Waals surface area contributed by atoms with Crippen LogP contribution in [0.2, 0.25) is 10.0 Å². The van der Waals surface area contributed by atoms with Gasteiger partial charge in [-0.05, 0) is 18.2 Å². The predicted molar refractivity (Wildman–Crippen MR) is 65.1 cm³/mol. The first-order chi connectivity index (χ1) is 8.49. The molecule has 0 unspecified atom stereocenters. The molecule has 1 heterocycles. The Morgan fingerprint density at radius 2 is 1.89 bits per heavy atom. The molecule has 0 radical (unpaired) electrons. The van der Waals surface area contributed by atoms with E-state index in [0.29, 0.717) is 0 Å². The highest BCUT2D eigenvalue weighted by Gasteiger charge is 2.14. The third-order valence-electron chi connectivity index (χ3n) is 2.05. The SMILES string of the molecule is Nc1nc(Oc2cccc(F)c2F)c(Cl)cc1Cl. The molecule has 18 heavy (non-hydrogen) atoms. The molecule has 2 N–H and O–H groups in total. The van der Waals surface area contributed by atoms with Crippen LogP contribution in [0.4, 0.5) is 14.6 Å². The monoisotopic (exact) mass is 290 g/mol. The molecule has 0 bridgehead atoms.